The van der Waals surface area contributed by atoms with Gasteiger partial charge in [0.2, 0.25) is 5.91 Å². The van der Waals surface area contributed by atoms with Crippen molar-refractivity contribution < 1.29 is 28.3 Å². The highest BCUT2D eigenvalue weighted by Gasteiger charge is 2.40. The Morgan fingerprint density at radius 1 is 1.32 bits per heavy atom. The van der Waals surface area contributed by atoms with Crippen LogP contribution in [0.5, 0.6) is 5.75 Å². The van der Waals surface area contributed by atoms with Gasteiger partial charge in [-0.2, -0.15) is 0 Å². The number of rotatable bonds is 13. The van der Waals surface area contributed by atoms with E-state index in [4.69, 9.17) is 23.5 Å². The van der Waals surface area contributed by atoms with E-state index in [0.717, 1.165) is 19.3 Å². The van der Waals surface area contributed by atoms with Crippen LogP contribution in [0.4, 0.5) is 0 Å². The van der Waals surface area contributed by atoms with E-state index >= 15 is 0 Å². The second-order valence-corrected chi connectivity index (χ2v) is 11.8. The minimum atomic E-state index is -0.982. The molecule has 0 aromatic carbocycles. The molecule has 2 aliphatic heterocycles. The van der Waals surface area contributed by atoms with Crippen LogP contribution in [0.15, 0.2) is 31.5 Å². The zero-order valence-corrected chi connectivity index (χ0v) is 23.7. The highest BCUT2D eigenvalue weighted by Crippen LogP contribution is 2.32. The van der Waals surface area contributed by atoms with E-state index < -0.39 is 23.0 Å². The summed E-state index contributed by atoms with van der Waals surface area (Å²) in [4.78, 5) is 35.7. The Balaban J connectivity index is 1.35. The standard InChI is InChI=1S/C27H39N3O7S/c1-6-7-21(22-12-20(13-23(31)36-22)33-14-18-8-9-18)28-25(32)27(5)16-38-24(29-27)17(2)30-35-11-10-19-15-34-26(3,4)37-19/h12-13,18-19,21H,6-11,14-16H2,1-5H3,(H,28,32)/b30-17+/t19?,21-,27+/m1/s1. The molecular formula is C27H39N3O7S. The zero-order valence-electron chi connectivity index (χ0n) is 22.9. The number of carbonyl (C=O) groups is 1. The molecule has 38 heavy (non-hydrogen) atoms. The van der Waals surface area contributed by atoms with Crippen LogP contribution in [0.2, 0.25) is 0 Å². The average Bonchev–Trinajstić information content (AvgIpc) is 3.51. The largest absolute Gasteiger partial charge is 0.493 e. The minimum Gasteiger partial charge on any atom is -0.493 e. The van der Waals surface area contributed by atoms with Crippen molar-refractivity contribution in [2.45, 2.75) is 90.2 Å². The Labute approximate surface area is 227 Å². The Kier molecular flexibility index (Phi) is 9.20. The van der Waals surface area contributed by atoms with Crippen molar-refractivity contribution in [2.75, 3.05) is 25.6 Å². The predicted octanol–water partition coefficient (Wildman–Crippen LogP) is 4.22. The van der Waals surface area contributed by atoms with E-state index in [1.165, 1.54) is 17.8 Å². The molecular weight excluding hydrogens is 510 g/mol. The van der Waals surface area contributed by atoms with Crippen LogP contribution in [-0.2, 0) is 19.1 Å². The number of hydrogen-bond donors (Lipinski definition) is 1. The first-order valence-corrected chi connectivity index (χ1v) is 14.4. The third kappa shape index (κ3) is 7.83. The van der Waals surface area contributed by atoms with Crippen LogP contribution in [0.3, 0.4) is 0 Å². The molecule has 1 aliphatic carbocycles. The molecule has 3 aliphatic rings. The van der Waals surface area contributed by atoms with E-state index in [9.17, 15) is 9.59 Å². The first-order valence-electron chi connectivity index (χ1n) is 13.4. The molecule has 11 heteroatoms. The van der Waals surface area contributed by atoms with Crippen molar-refractivity contribution in [2.24, 2.45) is 16.1 Å². The molecule has 1 saturated heterocycles. The van der Waals surface area contributed by atoms with Crippen molar-refractivity contribution in [1.29, 1.82) is 0 Å². The summed E-state index contributed by atoms with van der Waals surface area (Å²) < 4.78 is 22.6. The summed E-state index contributed by atoms with van der Waals surface area (Å²) in [6.45, 7) is 10.9. The first kappa shape index (κ1) is 28.6. The van der Waals surface area contributed by atoms with Crippen molar-refractivity contribution in [3.8, 4) is 5.75 Å². The highest BCUT2D eigenvalue weighted by molar-refractivity contribution is 8.16. The topological polar surface area (TPSA) is 121 Å². The molecule has 0 radical (unpaired) electrons. The van der Waals surface area contributed by atoms with Crippen LogP contribution in [0.1, 0.15) is 78.5 Å². The molecule has 1 amide bonds. The van der Waals surface area contributed by atoms with Crippen LogP contribution in [0.25, 0.3) is 0 Å². The molecule has 3 atom stereocenters. The maximum Gasteiger partial charge on any atom is 0.339 e. The molecule has 3 heterocycles. The molecule has 0 bridgehead atoms. The lowest BCUT2D eigenvalue weighted by molar-refractivity contribution is -0.140. The number of nitrogens with zero attached hydrogens (tertiary/aromatic N) is 2. The van der Waals surface area contributed by atoms with Crippen molar-refractivity contribution in [1.82, 2.24) is 5.32 Å². The van der Waals surface area contributed by atoms with Crippen molar-refractivity contribution in [3.63, 3.8) is 0 Å². The third-order valence-corrected chi connectivity index (χ3v) is 7.98. The lowest BCUT2D eigenvalue weighted by Crippen LogP contribution is -2.45. The fourth-order valence-electron chi connectivity index (χ4n) is 4.18. The Morgan fingerprint density at radius 3 is 2.79 bits per heavy atom. The SMILES string of the molecule is CCC[C@@H](NC(=O)[C@]1(C)CSC(/C(C)=N/OCCC2COC(C)(C)O2)=N1)c1cc(OCC2CC2)cc(=O)o1. The van der Waals surface area contributed by atoms with Crippen molar-refractivity contribution in [3.05, 3.63) is 28.3 Å². The second-order valence-electron chi connectivity index (χ2n) is 10.8. The van der Waals surface area contributed by atoms with Gasteiger partial charge in [-0.25, -0.2) is 4.79 Å². The Bertz CT molecular complexity index is 1110. The summed E-state index contributed by atoms with van der Waals surface area (Å²) in [5, 5.41) is 7.91. The van der Waals surface area contributed by atoms with E-state index in [1.54, 1.807) is 13.0 Å². The number of amides is 1. The van der Waals surface area contributed by atoms with Gasteiger partial charge in [0.1, 0.15) is 34.4 Å². The van der Waals surface area contributed by atoms with E-state index in [2.05, 4.69) is 15.5 Å². The number of aliphatic imine (C=N–C) groups is 1. The van der Waals surface area contributed by atoms with Crippen LogP contribution in [0, 0.1) is 5.92 Å². The van der Waals surface area contributed by atoms with Gasteiger partial charge in [-0.05, 0) is 52.9 Å². The smallest absolute Gasteiger partial charge is 0.339 e. The van der Waals surface area contributed by atoms with Gasteiger partial charge in [-0.15, -0.1) is 11.8 Å². The van der Waals surface area contributed by atoms with E-state index in [0.29, 0.717) is 66.6 Å². The van der Waals surface area contributed by atoms with Gasteiger partial charge in [-0.3, -0.25) is 9.79 Å². The fraction of sp³-hybridized carbons (Fsp3) is 0.704. The summed E-state index contributed by atoms with van der Waals surface area (Å²) in [5.74, 6) is 1.10. The molecule has 1 saturated carbocycles. The fourth-order valence-corrected chi connectivity index (χ4v) is 5.31. The monoisotopic (exact) mass is 549 g/mol. The van der Waals surface area contributed by atoms with Gasteiger partial charge in [0.05, 0.1) is 31.4 Å². The lowest BCUT2D eigenvalue weighted by Gasteiger charge is -2.24. The third-order valence-electron chi connectivity index (χ3n) is 6.61. The Morgan fingerprint density at radius 2 is 2.11 bits per heavy atom. The number of hydrogen-bond acceptors (Lipinski definition) is 10. The van der Waals surface area contributed by atoms with E-state index in [-0.39, 0.29) is 12.0 Å². The average molecular weight is 550 g/mol. The highest BCUT2D eigenvalue weighted by atomic mass is 32.2. The van der Waals surface area contributed by atoms with E-state index in [1.807, 2.05) is 27.7 Å². The van der Waals surface area contributed by atoms with Gasteiger partial charge < -0.3 is 28.8 Å². The normalized spacial score (nSPS) is 25.7. The molecule has 1 aromatic heterocycles. The quantitative estimate of drug-likeness (QED) is 0.221. The molecule has 1 aromatic rings. The number of nitrogens with one attached hydrogen (secondary N) is 1. The summed E-state index contributed by atoms with van der Waals surface area (Å²) >= 11 is 1.47. The number of ether oxygens (including phenoxy) is 3. The Hall–Kier alpha value is -2.37. The molecule has 210 valence electrons. The van der Waals surface area contributed by atoms with Gasteiger partial charge >= 0.3 is 5.63 Å². The molecule has 0 spiro atoms. The van der Waals surface area contributed by atoms with Crippen LogP contribution in [-0.4, -0.2) is 59.7 Å². The summed E-state index contributed by atoms with van der Waals surface area (Å²) in [6.07, 6.45) is 4.37. The molecule has 10 nitrogen and oxygen atoms in total. The van der Waals surface area contributed by atoms with Crippen LogP contribution >= 0.6 is 11.8 Å². The first-order chi connectivity index (χ1) is 18.1. The molecule has 1 unspecified atom stereocenters. The number of oxime groups is 1. The van der Waals surface area contributed by atoms with Crippen LogP contribution < -0.4 is 15.7 Å². The van der Waals surface area contributed by atoms with Gasteiger partial charge in [0.15, 0.2) is 5.79 Å². The molecule has 4 rings (SSSR count). The van der Waals surface area contributed by atoms with Gasteiger partial charge in [0.25, 0.3) is 0 Å². The van der Waals surface area contributed by atoms with Gasteiger partial charge in [0, 0.05) is 18.2 Å². The predicted molar refractivity (Wildman–Crippen MR) is 146 cm³/mol. The van der Waals surface area contributed by atoms with Crippen molar-refractivity contribution >= 4 is 28.4 Å². The maximum atomic E-state index is 13.4. The summed E-state index contributed by atoms with van der Waals surface area (Å²) in [6, 6.07) is 2.60. The maximum absolute atomic E-state index is 13.4. The summed E-state index contributed by atoms with van der Waals surface area (Å²) in [5.41, 5.74) is -0.856. The number of thioether (sulfide) groups is 1. The summed E-state index contributed by atoms with van der Waals surface area (Å²) in [7, 11) is 0. The van der Waals surface area contributed by atoms with Gasteiger partial charge in [-0.1, -0.05) is 18.5 Å². The zero-order chi connectivity index (χ0) is 27.3. The molecule has 1 N–H and O–H groups in total. The molecule has 2 fully saturated rings. The minimum absolute atomic E-state index is 0.0170. The lowest BCUT2D eigenvalue weighted by atomic mass is 10.0. The number of carbonyl (C=O) groups excluding carboxylic acids is 1. The second kappa shape index (κ2) is 12.2.